The number of hydrogen-bond donors (Lipinski definition) is 2. The SMILES string of the molecule is CC1(C(=O)N2CCOc3c(C(=O)O)cccc32)CCCN1. The van der Waals surface area contributed by atoms with E-state index in [0.29, 0.717) is 18.8 Å². The molecule has 0 spiro atoms. The van der Waals surface area contributed by atoms with Crippen molar-refractivity contribution in [3.63, 3.8) is 0 Å². The summed E-state index contributed by atoms with van der Waals surface area (Å²) in [5.74, 6) is -0.787. The number of nitrogens with zero attached hydrogens (tertiary/aromatic N) is 1. The largest absolute Gasteiger partial charge is 0.489 e. The number of carboxylic acids is 1. The topological polar surface area (TPSA) is 78.9 Å². The van der Waals surface area contributed by atoms with Gasteiger partial charge < -0.3 is 20.1 Å². The number of carbonyl (C=O) groups excluding carboxylic acids is 1. The number of carboxylic acid groups (broad SMARTS) is 1. The summed E-state index contributed by atoms with van der Waals surface area (Å²) in [7, 11) is 0. The Morgan fingerprint density at radius 1 is 1.43 bits per heavy atom. The van der Waals surface area contributed by atoms with Crippen LogP contribution >= 0.6 is 0 Å². The molecule has 2 aliphatic heterocycles. The Morgan fingerprint density at radius 2 is 2.24 bits per heavy atom. The number of ether oxygens (including phenoxy) is 1. The van der Waals surface area contributed by atoms with Crippen LogP contribution in [0.5, 0.6) is 5.75 Å². The number of aromatic carboxylic acids is 1. The fourth-order valence-electron chi connectivity index (χ4n) is 3.00. The number of carbonyl (C=O) groups is 2. The molecule has 1 fully saturated rings. The Hall–Kier alpha value is -2.08. The number of fused-ring (bicyclic) bond motifs is 1. The summed E-state index contributed by atoms with van der Waals surface area (Å²) in [6.45, 7) is 3.47. The van der Waals surface area contributed by atoms with Crippen molar-refractivity contribution in [2.24, 2.45) is 0 Å². The third kappa shape index (κ3) is 2.25. The molecule has 0 bridgehead atoms. The van der Waals surface area contributed by atoms with Gasteiger partial charge in [-0.25, -0.2) is 4.79 Å². The predicted molar refractivity (Wildman–Crippen MR) is 76.9 cm³/mol. The molecule has 2 aliphatic rings. The summed E-state index contributed by atoms with van der Waals surface area (Å²) in [4.78, 5) is 25.7. The summed E-state index contributed by atoms with van der Waals surface area (Å²) in [6, 6.07) is 4.86. The zero-order chi connectivity index (χ0) is 15.0. The molecule has 0 saturated carbocycles. The first-order chi connectivity index (χ1) is 10.0. The smallest absolute Gasteiger partial charge is 0.339 e. The summed E-state index contributed by atoms with van der Waals surface area (Å²) < 4.78 is 5.50. The minimum absolute atomic E-state index is 0.0212. The minimum atomic E-state index is -1.05. The van der Waals surface area contributed by atoms with E-state index in [4.69, 9.17) is 4.74 Å². The van der Waals surface area contributed by atoms with E-state index in [-0.39, 0.29) is 17.2 Å². The van der Waals surface area contributed by atoms with Gasteiger partial charge in [0.15, 0.2) is 5.75 Å². The van der Waals surface area contributed by atoms with Crippen LogP contribution in [-0.2, 0) is 4.79 Å². The van der Waals surface area contributed by atoms with Gasteiger partial charge in [-0.15, -0.1) is 0 Å². The second-order valence-corrected chi connectivity index (χ2v) is 5.63. The Labute approximate surface area is 122 Å². The van der Waals surface area contributed by atoms with E-state index in [1.165, 1.54) is 6.07 Å². The maximum Gasteiger partial charge on any atom is 0.339 e. The van der Waals surface area contributed by atoms with Gasteiger partial charge in [0.25, 0.3) is 0 Å². The molecule has 6 heteroatoms. The van der Waals surface area contributed by atoms with Gasteiger partial charge in [-0.2, -0.15) is 0 Å². The van der Waals surface area contributed by atoms with Gasteiger partial charge in [0.1, 0.15) is 12.2 Å². The molecule has 3 rings (SSSR count). The van der Waals surface area contributed by atoms with Crippen molar-refractivity contribution < 1.29 is 19.4 Å². The normalized spacial score (nSPS) is 24.3. The van der Waals surface area contributed by atoms with Crippen molar-refractivity contribution in [3.8, 4) is 5.75 Å². The van der Waals surface area contributed by atoms with Crippen LogP contribution in [0, 0.1) is 0 Å². The number of amides is 1. The van der Waals surface area contributed by atoms with Gasteiger partial charge >= 0.3 is 5.97 Å². The first kappa shape index (κ1) is 13.9. The van der Waals surface area contributed by atoms with Gasteiger partial charge in [0.2, 0.25) is 5.91 Å². The lowest BCUT2D eigenvalue weighted by Crippen LogP contribution is -2.54. The number of anilines is 1. The Kier molecular flexibility index (Phi) is 3.33. The number of para-hydroxylation sites is 1. The molecule has 1 amide bonds. The third-order valence-electron chi connectivity index (χ3n) is 4.16. The van der Waals surface area contributed by atoms with Crippen LogP contribution in [0.3, 0.4) is 0 Å². The second kappa shape index (κ2) is 5.04. The van der Waals surface area contributed by atoms with Crippen molar-refractivity contribution >= 4 is 17.6 Å². The molecule has 1 atom stereocenters. The van der Waals surface area contributed by atoms with Crippen LogP contribution in [0.25, 0.3) is 0 Å². The van der Waals surface area contributed by atoms with E-state index in [0.717, 1.165) is 19.4 Å². The molecule has 21 heavy (non-hydrogen) atoms. The van der Waals surface area contributed by atoms with E-state index in [2.05, 4.69) is 5.32 Å². The Balaban J connectivity index is 1.99. The average molecular weight is 290 g/mol. The van der Waals surface area contributed by atoms with Crippen molar-refractivity contribution in [3.05, 3.63) is 23.8 Å². The van der Waals surface area contributed by atoms with E-state index in [9.17, 15) is 14.7 Å². The van der Waals surface area contributed by atoms with Crippen LogP contribution in [0.1, 0.15) is 30.1 Å². The summed E-state index contributed by atoms with van der Waals surface area (Å²) in [5.41, 5.74) is 0.0593. The molecular weight excluding hydrogens is 272 g/mol. The quantitative estimate of drug-likeness (QED) is 0.857. The standard InChI is InChI=1S/C15H18N2O4/c1-15(6-3-7-16-15)14(20)17-8-9-21-12-10(13(18)19)4-2-5-11(12)17/h2,4-5,16H,3,6-9H2,1H3,(H,18,19). The number of nitrogens with one attached hydrogen (secondary N) is 1. The lowest BCUT2D eigenvalue weighted by Gasteiger charge is -2.35. The molecule has 6 nitrogen and oxygen atoms in total. The molecule has 2 N–H and O–H groups in total. The lowest BCUT2D eigenvalue weighted by atomic mass is 9.97. The van der Waals surface area contributed by atoms with Crippen LogP contribution in [-0.4, -0.2) is 42.2 Å². The van der Waals surface area contributed by atoms with Crippen LogP contribution in [0.15, 0.2) is 18.2 Å². The summed E-state index contributed by atoms with van der Waals surface area (Å²) in [5, 5.41) is 12.5. The molecular formula is C15H18N2O4. The highest BCUT2D eigenvalue weighted by Crippen LogP contribution is 2.37. The summed E-state index contributed by atoms with van der Waals surface area (Å²) >= 11 is 0. The van der Waals surface area contributed by atoms with Gasteiger partial charge in [-0.05, 0) is 38.4 Å². The van der Waals surface area contributed by atoms with Crippen molar-refractivity contribution in [2.45, 2.75) is 25.3 Å². The highest BCUT2D eigenvalue weighted by atomic mass is 16.5. The van der Waals surface area contributed by atoms with E-state index < -0.39 is 11.5 Å². The molecule has 1 unspecified atom stereocenters. The number of hydrogen-bond acceptors (Lipinski definition) is 4. The fraction of sp³-hybridized carbons (Fsp3) is 0.467. The van der Waals surface area contributed by atoms with Gasteiger partial charge in [0.05, 0.1) is 17.8 Å². The molecule has 1 aromatic carbocycles. The van der Waals surface area contributed by atoms with E-state index >= 15 is 0 Å². The van der Waals surface area contributed by atoms with E-state index in [1.54, 1.807) is 17.0 Å². The van der Waals surface area contributed by atoms with Crippen LogP contribution < -0.4 is 15.0 Å². The summed E-state index contributed by atoms with van der Waals surface area (Å²) in [6.07, 6.45) is 1.76. The molecule has 1 saturated heterocycles. The maximum absolute atomic E-state index is 12.8. The minimum Gasteiger partial charge on any atom is -0.489 e. The fourth-order valence-corrected chi connectivity index (χ4v) is 3.00. The Bertz CT molecular complexity index is 593. The maximum atomic E-state index is 12.8. The zero-order valence-electron chi connectivity index (χ0n) is 11.9. The molecule has 0 aromatic heterocycles. The molecule has 2 heterocycles. The number of rotatable bonds is 2. The highest BCUT2D eigenvalue weighted by Gasteiger charge is 2.41. The molecule has 0 radical (unpaired) electrons. The second-order valence-electron chi connectivity index (χ2n) is 5.63. The van der Waals surface area contributed by atoms with Crippen LogP contribution in [0.2, 0.25) is 0 Å². The lowest BCUT2D eigenvalue weighted by molar-refractivity contribution is -0.124. The van der Waals surface area contributed by atoms with Crippen molar-refractivity contribution in [1.82, 2.24) is 5.32 Å². The Morgan fingerprint density at radius 3 is 2.90 bits per heavy atom. The zero-order valence-corrected chi connectivity index (χ0v) is 11.9. The predicted octanol–water partition coefficient (Wildman–Crippen LogP) is 1.25. The van der Waals surface area contributed by atoms with Gasteiger partial charge in [-0.3, -0.25) is 4.79 Å². The van der Waals surface area contributed by atoms with Gasteiger partial charge in [0, 0.05) is 0 Å². The molecule has 1 aromatic rings. The average Bonchev–Trinajstić information content (AvgIpc) is 2.93. The van der Waals surface area contributed by atoms with E-state index in [1.807, 2.05) is 6.92 Å². The monoisotopic (exact) mass is 290 g/mol. The molecule has 0 aliphatic carbocycles. The van der Waals surface area contributed by atoms with Gasteiger partial charge in [-0.1, -0.05) is 6.07 Å². The first-order valence-electron chi connectivity index (χ1n) is 7.09. The first-order valence-corrected chi connectivity index (χ1v) is 7.09. The highest BCUT2D eigenvalue weighted by molar-refractivity contribution is 6.04. The third-order valence-corrected chi connectivity index (χ3v) is 4.16. The van der Waals surface area contributed by atoms with Crippen LogP contribution in [0.4, 0.5) is 5.69 Å². The number of benzene rings is 1. The van der Waals surface area contributed by atoms with Crippen molar-refractivity contribution in [2.75, 3.05) is 24.6 Å². The van der Waals surface area contributed by atoms with Crippen molar-refractivity contribution in [1.29, 1.82) is 0 Å². The molecule has 112 valence electrons.